The van der Waals surface area contributed by atoms with Crippen LogP contribution in [0.25, 0.3) is 10.9 Å². The molecule has 1 aromatic heterocycles. The van der Waals surface area contributed by atoms with Crippen LogP contribution in [0.2, 0.25) is 5.02 Å². The van der Waals surface area contributed by atoms with Crippen molar-refractivity contribution >= 4 is 34.1 Å². The van der Waals surface area contributed by atoms with Gasteiger partial charge in [-0.05, 0) is 42.3 Å². The quantitative estimate of drug-likeness (QED) is 0.772. The predicted octanol–water partition coefficient (Wildman–Crippen LogP) is 3.89. The number of rotatable bonds is 4. The number of para-hydroxylation sites is 1. The number of benzene rings is 2. The van der Waals surface area contributed by atoms with E-state index in [1.807, 2.05) is 19.9 Å². The molecule has 3 rings (SSSR count). The van der Waals surface area contributed by atoms with Crippen LogP contribution < -0.4 is 10.9 Å². The van der Waals surface area contributed by atoms with Gasteiger partial charge >= 0.3 is 0 Å². The number of fused-ring (bicyclic) bond motifs is 1. The summed E-state index contributed by atoms with van der Waals surface area (Å²) < 4.78 is 1.40. The maximum atomic E-state index is 12.8. The molecule has 5 nitrogen and oxygen atoms in total. The Balaban J connectivity index is 1.98. The minimum Gasteiger partial charge on any atom is -0.324 e. The molecule has 128 valence electrons. The predicted molar refractivity (Wildman–Crippen MR) is 100.0 cm³/mol. The summed E-state index contributed by atoms with van der Waals surface area (Å²) in [5, 5.41) is 3.93. The largest absolute Gasteiger partial charge is 0.324 e. The summed E-state index contributed by atoms with van der Waals surface area (Å²) in [4.78, 5) is 29.9. The molecule has 0 bridgehead atoms. The number of halogens is 1. The fraction of sp³-hybridized carbons (Fsp3) is 0.211. The lowest BCUT2D eigenvalue weighted by Crippen LogP contribution is -2.36. The van der Waals surface area contributed by atoms with Crippen molar-refractivity contribution < 1.29 is 4.79 Å². The number of aromatic nitrogens is 2. The number of nitrogens with one attached hydrogen (secondary N) is 1. The van der Waals surface area contributed by atoms with Gasteiger partial charge in [0, 0.05) is 10.7 Å². The molecule has 2 aromatic carbocycles. The van der Waals surface area contributed by atoms with E-state index in [2.05, 4.69) is 10.3 Å². The molecule has 1 heterocycles. The highest BCUT2D eigenvalue weighted by Gasteiger charge is 2.26. The molecule has 0 fully saturated rings. The number of carbonyl (C=O) groups is 1. The Bertz CT molecular complexity index is 964. The monoisotopic (exact) mass is 355 g/mol. The molecule has 1 unspecified atom stereocenters. The van der Waals surface area contributed by atoms with E-state index in [4.69, 9.17) is 11.6 Å². The minimum absolute atomic E-state index is 0.0898. The highest BCUT2D eigenvalue weighted by molar-refractivity contribution is 6.30. The van der Waals surface area contributed by atoms with Gasteiger partial charge < -0.3 is 5.32 Å². The Morgan fingerprint density at radius 2 is 1.80 bits per heavy atom. The van der Waals surface area contributed by atoms with Gasteiger partial charge in [-0.25, -0.2) is 4.98 Å². The molecule has 1 atom stereocenters. The first kappa shape index (κ1) is 17.2. The van der Waals surface area contributed by atoms with Crippen LogP contribution in [0, 0.1) is 5.92 Å². The van der Waals surface area contributed by atoms with E-state index in [1.165, 1.54) is 10.9 Å². The first-order valence-corrected chi connectivity index (χ1v) is 8.37. The third-order valence-corrected chi connectivity index (χ3v) is 4.25. The molecule has 1 N–H and O–H groups in total. The van der Waals surface area contributed by atoms with Gasteiger partial charge in [0.15, 0.2) is 0 Å². The van der Waals surface area contributed by atoms with E-state index in [0.29, 0.717) is 21.6 Å². The number of carbonyl (C=O) groups excluding carboxylic acids is 1. The standard InChI is InChI=1S/C19H18ClN3O2/c1-12(2)17(18(24)22-14-9-7-13(20)8-10-14)23-11-21-16-6-4-3-5-15(16)19(23)25/h3-12,17H,1-2H3,(H,22,24). The summed E-state index contributed by atoms with van der Waals surface area (Å²) >= 11 is 5.87. The summed E-state index contributed by atoms with van der Waals surface area (Å²) in [5.41, 5.74) is 1.02. The number of anilines is 1. The highest BCUT2D eigenvalue weighted by atomic mass is 35.5. The normalized spacial score (nSPS) is 12.3. The molecule has 25 heavy (non-hydrogen) atoms. The van der Waals surface area contributed by atoms with Crippen LogP contribution in [-0.4, -0.2) is 15.5 Å². The van der Waals surface area contributed by atoms with Crippen LogP contribution in [0.1, 0.15) is 19.9 Å². The lowest BCUT2D eigenvalue weighted by molar-refractivity contribution is -0.120. The Morgan fingerprint density at radius 3 is 2.48 bits per heavy atom. The molecule has 0 aliphatic carbocycles. The molecule has 0 radical (unpaired) electrons. The maximum Gasteiger partial charge on any atom is 0.261 e. The second-order valence-corrected chi connectivity index (χ2v) is 6.60. The van der Waals surface area contributed by atoms with E-state index in [-0.39, 0.29) is 17.4 Å². The average molecular weight is 356 g/mol. The lowest BCUT2D eigenvalue weighted by Gasteiger charge is -2.22. The fourth-order valence-electron chi connectivity index (χ4n) is 2.78. The maximum absolute atomic E-state index is 12.8. The van der Waals surface area contributed by atoms with E-state index in [0.717, 1.165) is 0 Å². The Kier molecular flexibility index (Phi) is 4.86. The smallest absolute Gasteiger partial charge is 0.261 e. The zero-order chi connectivity index (χ0) is 18.0. The molecule has 6 heteroatoms. The van der Waals surface area contributed by atoms with Crippen molar-refractivity contribution in [2.24, 2.45) is 5.92 Å². The number of nitrogens with zero attached hydrogens (tertiary/aromatic N) is 2. The van der Waals surface area contributed by atoms with Crippen molar-refractivity contribution in [3.63, 3.8) is 0 Å². The summed E-state index contributed by atoms with van der Waals surface area (Å²) in [6.45, 7) is 3.79. The van der Waals surface area contributed by atoms with Crippen LogP contribution in [0.15, 0.2) is 59.7 Å². The van der Waals surface area contributed by atoms with Crippen LogP contribution in [0.3, 0.4) is 0 Å². The fourth-order valence-corrected chi connectivity index (χ4v) is 2.91. The van der Waals surface area contributed by atoms with Gasteiger partial charge in [-0.15, -0.1) is 0 Å². The van der Waals surface area contributed by atoms with Gasteiger partial charge in [-0.3, -0.25) is 14.2 Å². The molecular weight excluding hydrogens is 338 g/mol. The summed E-state index contributed by atoms with van der Waals surface area (Å²) in [6.07, 6.45) is 1.44. The van der Waals surface area contributed by atoms with Crippen molar-refractivity contribution in [3.05, 3.63) is 70.2 Å². The van der Waals surface area contributed by atoms with Crippen LogP contribution >= 0.6 is 11.6 Å². The van der Waals surface area contributed by atoms with Crippen LogP contribution in [-0.2, 0) is 4.79 Å². The zero-order valence-corrected chi connectivity index (χ0v) is 14.7. The molecule has 3 aromatic rings. The van der Waals surface area contributed by atoms with Crippen molar-refractivity contribution in [1.82, 2.24) is 9.55 Å². The molecule has 0 spiro atoms. The SMILES string of the molecule is CC(C)C(C(=O)Nc1ccc(Cl)cc1)n1cnc2ccccc2c1=O. The third kappa shape index (κ3) is 3.56. The third-order valence-electron chi connectivity index (χ3n) is 4.00. The second kappa shape index (κ2) is 7.07. The molecule has 1 amide bonds. The zero-order valence-electron chi connectivity index (χ0n) is 13.9. The second-order valence-electron chi connectivity index (χ2n) is 6.16. The van der Waals surface area contributed by atoms with Crippen molar-refractivity contribution in [2.45, 2.75) is 19.9 Å². The molecule has 0 aliphatic heterocycles. The number of hydrogen-bond donors (Lipinski definition) is 1. The summed E-state index contributed by atoms with van der Waals surface area (Å²) in [7, 11) is 0. The van der Waals surface area contributed by atoms with Crippen molar-refractivity contribution in [3.8, 4) is 0 Å². The van der Waals surface area contributed by atoms with Crippen LogP contribution in [0.5, 0.6) is 0 Å². The number of amides is 1. The lowest BCUT2D eigenvalue weighted by atomic mass is 10.0. The highest BCUT2D eigenvalue weighted by Crippen LogP contribution is 2.20. The molecule has 0 saturated heterocycles. The Hall–Kier alpha value is -2.66. The van der Waals surface area contributed by atoms with Crippen molar-refractivity contribution in [1.29, 1.82) is 0 Å². The summed E-state index contributed by atoms with van der Waals surface area (Å²) in [6, 6.07) is 13.3. The first-order chi connectivity index (χ1) is 12.0. The molecule has 0 saturated carbocycles. The number of hydrogen-bond acceptors (Lipinski definition) is 3. The van der Waals surface area contributed by atoms with E-state index in [1.54, 1.807) is 42.5 Å². The minimum atomic E-state index is -0.666. The average Bonchev–Trinajstić information content (AvgIpc) is 2.59. The topological polar surface area (TPSA) is 64.0 Å². The van der Waals surface area contributed by atoms with Gasteiger partial charge in [-0.2, -0.15) is 0 Å². The Morgan fingerprint density at radius 1 is 1.12 bits per heavy atom. The van der Waals surface area contributed by atoms with Gasteiger partial charge in [-0.1, -0.05) is 37.6 Å². The van der Waals surface area contributed by atoms with Gasteiger partial charge in [0.1, 0.15) is 6.04 Å². The van der Waals surface area contributed by atoms with E-state index in [9.17, 15) is 9.59 Å². The molecular formula is C19H18ClN3O2. The van der Waals surface area contributed by atoms with Crippen LogP contribution in [0.4, 0.5) is 5.69 Å². The Labute approximate surface area is 150 Å². The van der Waals surface area contributed by atoms with Gasteiger partial charge in [0.25, 0.3) is 5.56 Å². The van der Waals surface area contributed by atoms with E-state index >= 15 is 0 Å². The van der Waals surface area contributed by atoms with Gasteiger partial charge in [0.05, 0.1) is 17.2 Å². The van der Waals surface area contributed by atoms with Gasteiger partial charge in [0.2, 0.25) is 5.91 Å². The summed E-state index contributed by atoms with van der Waals surface area (Å²) in [5.74, 6) is -0.357. The van der Waals surface area contributed by atoms with Crippen molar-refractivity contribution in [2.75, 3.05) is 5.32 Å². The first-order valence-electron chi connectivity index (χ1n) is 7.99. The van der Waals surface area contributed by atoms with E-state index < -0.39 is 6.04 Å². The molecule has 0 aliphatic rings.